The van der Waals surface area contributed by atoms with Crippen LogP contribution in [-0.4, -0.2) is 29.5 Å². The number of hydrogen-bond donors (Lipinski definition) is 0. The van der Waals surface area contributed by atoms with E-state index in [-0.39, 0.29) is 5.75 Å². The van der Waals surface area contributed by atoms with Gasteiger partial charge in [-0.3, -0.25) is 4.68 Å². The zero-order valence-corrected chi connectivity index (χ0v) is 12.7. The first kappa shape index (κ1) is 14.8. The molecule has 0 amide bonds. The molecule has 0 fully saturated rings. The predicted molar refractivity (Wildman–Crippen MR) is 81.5 cm³/mol. The van der Waals surface area contributed by atoms with Crippen LogP contribution in [0.25, 0.3) is 11.1 Å². The fraction of sp³-hybridized carbons (Fsp3) is 0.438. The first-order valence-corrected chi connectivity index (χ1v) is 7.44. The van der Waals surface area contributed by atoms with Crippen LogP contribution in [0.3, 0.4) is 0 Å². The van der Waals surface area contributed by atoms with Crippen LogP contribution >= 0.6 is 0 Å². The lowest BCUT2D eigenvalue weighted by Crippen LogP contribution is -2.29. The van der Waals surface area contributed by atoms with E-state index in [4.69, 9.17) is 4.74 Å². The molecule has 0 saturated heterocycles. The summed E-state index contributed by atoms with van der Waals surface area (Å²) in [5.41, 5.74) is 3.63. The van der Waals surface area contributed by atoms with Crippen LogP contribution < -0.4 is 9.64 Å². The number of ether oxygens (including phenoxy) is 1. The van der Waals surface area contributed by atoms with E-state index in [0.29, 0.717) is 5.56 Å². The summed E-state index contributed by atoms with van der Waals surface area (Å²) >= 11 is 0. The normalized spacial score (nSPS) is 14.3. The van der Waals surface area contributed by atoms with Crippen molar-refractivity contribution in [3.8, 4) is 16.9 Å². The Hall–Kier alpha value is -2.11. The molecule has 1 aromatic heterocycles. The number of anilines is 1. The van der Waals surface area contributed by atoms with Gasteiger partial charge in [-0.15, -0.1) is 0 Å². The molecule has 1 aliphatic heterocycles. The second-order valence-electron chi connectivity index (χ2n) is 5.44. The molecule has 2 aromatic rings. The maximum Gasteiger partial charge on any atom is 0.387 e. The van der Waals surface area contributed by atoms with Crippen molar-refractivity contribution >= 4 is 5.69 Å². The SMILES string of the molecule is CCN1CCCc2cc(-c3cnn(C)c3)c(OC(F)F)cc21. The Morgan fingerprint density at radius 1 is 1.36 bits per heavy atom. The molecule has 1 aromatic carbocycles. The summed E-state index contributed by atoms with van der Waals surface area (Å²) in [6, 6.07) is 3.71. The lowest BCUT2D eigenvalue weighted by Gasteiger charge is -2.31. The van der Waals surface area contributed by atoms with Crippen molar-refractivity contribution < 1.29 is 13.5 Å². The fourth-order valence-corrected chi connectivity index (χ4v) is 3.00. The van der Waals surface area contributed by atoms with Crippen LogP contribution in [0.5, 0.6) is 5.75 Å². The average molecular weight is 307 g/mol. The van der Waals surface area contributed by atoms with Crippen LogP contribution in [0.15, 0.2) is 24.5 Å². The van der Waals surface area contributed by atoms with E-state index in [1.807, 2.05) is 6.07 Å². The molecule has 2 heterocycles. The average Bonchev–Trinajstić information content (AvgIpc) is 2.91. The van der Waals surface area contributed by atoms with E-state index in [0.717, 1.165) is 37.2 Å². The Morgan fingerprint density at radius 3 is 2.82 bits per heavy atom. The molecule has 118 valence electrons. The van der Waals surface area contributed by atoms with E-state index >= 15 is 0 Å². The largest absolute Gasteiger partial charge is 0.434 e. The van der Waals surface area contributed by atoms with Crippen molar-refractivity contribution in [2.24, 2.45) is 7.05 Å². The van der Waals surface area contributed by atoms with Crippen molar-refractivity contribution in [3.63, 3.8) is 0 Å². The Morgan fingerprint density at radius 2 is 2.18 bits per heavy atom. The zero-order valence-electron chi connectivity index (χ0n) is 12.7. The lowest BCUT2D eigenvalue weighted by molar-refractivity contribution is -0.0494. The van der Waals surface area contributed by atoms with Gasteiger partial charge in [0.1, 0.15) is 5.75 Å². The van der Waals surface area contributed by atoms with Crippen LogP contribution in [0.1, 0.15) is 18.9 Å². The lowest BCUT2D eigenvalue weighted by atomic mass is 9.96. The van der Waals surface area contributed by atoms with Gasteiger partial charge in [0, 0.05) is 49.2 Å². The van der Waals surface area contributed by atoms with Gasteiger partial charge in [-0.05, 0) is 31.4 Å². The van der Waals surface area contributed by atoms with E-state index in [1.165, 1.54) is 5.56 Å². The molecule has 0 aliphatic carbocycles. The van der Waals surface area contributed by atoms with Gasteiger partial charge < -0.3 is 9.64 Å². The minimum Gasteiger partial charge on any atom is -0.434 e. The molecule has 0 atom stereocenters. The van der Waals surface area contributed by atoms with Gasteiger partial charge in [-0.2, -0.15) is 13.9 Å². The van der Waals surface area contributed by atoms with Gasteiger partial charge in [0.2, 0.25) is 0 Å². The number of benzene rings is 1. The highest BCUT2D eigenvalue weighted by atomic mass is 19.3. The molecule has 22 heavy (non-hydrogen) atoms. The van der Waals surface area contributed by atoms with Crippen molar-refractivity contribution in [1.82, 2.24) is 9.78 Å². The predicted octanol–water partition coefficient (Wildman–Crippen LogP) is 3.46. The number of rotatable bonds is 4. The van der Waals surface area contributed by atoms with E-state index in [1.54, 1.807) is 30.2 Å². The smallest absolute Gasteiger partial charge is 0.387 e. The first-order valence-electron chi connectivity index (χ1n) is 7.44. The Bertz CT molecular complexity index is 669. The molecule has 0 radical (unpaired) electrons. The second-order valence-corrected chi connectivity index (χ2v) is 5.44. The van der Waals surface area contributed by atoms with E-state index in [2.05, 4.69) is 16.9 Å². The maximum absolute atomic E-state index is 12.8. The zero-order chi connectivity index (χ0) is 15.7. The Kier molecular flexibility index (Phi) is 4.00. The number of nitrogens with zero attached hydrogens (tertiary/aromatic N) is 3. The second kappa shape index (κ2) is 5.94. The number of aromatic nitrogens is 2. The monoisotopic (exact) mass is 307 g/mol. The van der Waals surface area contributed by atoms with Crippen LogP contribution in [0, 0.1) is 0 Å². The summed E-state index contributed by atoms with van der Waals surface area (Å²) in [4.78, 5) is 2.20. The molecule has 3 rings (SSSR count). The summed E-state index contributed by atoms with van der Waals surface area (Å²) in [5.74, 6) is 0.210. The maximum atomic E-state index is 12.8. The molecule has 0 bridgehead atoms. The van der Waals surface area contributed by atoms with Crippen LogP contribution in [0.2, 0.25) is 0 Å². The highest BCUT2D eigenvalue weighted by Gasteiger charge is 2.21. The van der Waals surface area contributed by atoms with Gasteiger partial charge in [0.15, 0.2) is 0 Å². The fourth-order valence-electron chi connectivity index (χ4n) is 3.00. The number of alkyl halides is 2. The number of hydrogen-bond acceptors (Lipinski definition) is 3. The molecule has 0 unspecified atom stereocenters. The highest BCUT2D eigenvalue weighted by Crippen LogP contribution is 2.39. The number of halogens is 2. The Labute approximate surface area is 128 Å². The third-order valence-corrected chi connectivity index (χ3v) is 4.01. The molecular weight excluding hydrogens is 288 g/mol. The third-order valence-electron chi connectivity index (χ3n) is 4.01. The topological polar surface area (TPSA) is 30.3 Å². The van der Waals surface area contributed by atoms with Gasteiger partial charge in [-0.1, -0.05) is 0 Å². The standard InChI is InChI=1S/C16H19F2N3O/c1-3-21-6-4-5-11-7-13(12-9-19-20(2)10-12)15(8-14(11)21)22-16(17)18/h7-10,16H,3-6H2,1-2H3. The minimum atomic E-state index is -2.84. The summed E-state index contributed by atoms with van der Waals surface area (Å²) in [6.45, 7) is 1.03. The molecule has 0 saturated carbocycles. The quantitative estimate of drug-likeness (QED) is 0.866. The Balaban J connectivity index is 2.11. The molecule has 0 N–H and O–H groups in total. The number of aryl methyl sites for hydroxylation is 2. The van der Waals surface area contributed by atoms with E-state index in [9.17, 15) is 8.78 Å². The van der Waals surface area contributed by atoms with Crippen molar-refractivity contribution in [2.45, 2.75) is 26.4 Å². The van der Waals surface area contributed by atoms with E-state index < -0.39 is 6.61 Å². The molecule has 6 heteroatoms. The molecule has 1 aliphatic rings. The van der Waals surface area contributed by atoms with Crippen molar-refractivity contribution in [2.75, 3.05) is 18.0 Å². The van der Waals surface area contributed by atoms with Crippen molar-refractivity contribution in [3.05, 3.63) is 30.1 Å². The van der Waals surface area contributed by atoms with Crippen LogP contribution in [-0.2, 0) is 13.5 Å². The summed E-state index contributed by atoms with van der Waals surface area (Å²) < 4.78 is 32.0. The molecule has 0 spiro atoms. The highest BCUT2D eigenvalue weighted by molar-refractivity contribution is 5.75. The third kappa shape index (κ3) is 2.77. The first-order chi connectivity index (χ1) is 10.6. The summed E-state index contributed by atoms with van der Waals surface area (Å²) in [7, 11) is 1.80. The van der Waals surface area contributed by atoms with Gasteiger partial charge in [-0.25, -0.2) is 0 Å². The van der Waals surface area contributed by atoms with Crippen molar-refractivity contribution in [1.29, 1.82) is 0 Å². The van der Waals surface area contributed by atoms with Gasteiger partial charge in [0.05, 0.1) is 6.20 Å². The minimum absolute atomic E-state index is 0.210. The van der Waals surface area contributed by atoms with Gasteiger partial charge >= 0.3 is 6.61 Å². The summed E-state index contributed by atoms with van der Waals surface area (Å²) in [5, 5.41) is 4.12. The number of fused-ring (bicyclic) bond motifs is 1. The summed E-state index contributed by atoms with van der Waals surface area (Å²) in [6.07, 6.45) is 5.50. The van der Waals surface area contributed by atoms with Crippen LogP contribution in [0.4, 0.5) is 14.5 Å². The van der Waals surface area contributed by atoms with Gasteiger partial charge in [0.25, 0.3) is 0 Å². The molecule has 4 nitrogen and oxygen atoms in total. The molecular formula is C16H19F2N3O.